The van der Waals surface area contributed by atoms with Gasteiger partial charge in [-0.15, -0.1) is 0 Å². The van der Waals surface area contributed by atoms with Gasteiger partial charge < -0.3 is 16.8 Å². The highest BCUT2D eigenvalue weighted by molar-refractivity contribution is 5.97. The van der Waals surface area contributed by atoms with Crippen LogP contribution in [0.4, 0.5) is 17.1 Å². The van der Waals surface area contributed by atoms with Gasteiger partial charge in [0.1, 0.15) is 0 Å². The average Bonchev–Trinajstić information content (AvgIpc) is 2.47. The van der Waals surface area contributed by atoms with Gasteiger partial charge in [0.05, 0.1) is 11.2 Å². The van der Waals surface area contributed by atoms with Crippen LogP contribution in [0.15, 0.2) is 54.7 Å². The molecule has 0 unspecified atom stereocenters. The molecule has 0 atom stereocenters. The molecule has 4 nitrogen and oxygen atoms in total. The summed E-state index contributed by atoms with van der Waals surface area (Å²) >= 11 is 0. The molecule has 100 valence electrons. The quantitative estimate of drug-likeness (QED) is 0.635. The smallest absolute Gasteiger partial charge is 0.0951 e. The summed E-state index contributed by atoms with van der Waals surface area (Å²) in [7, 11) is 0. The van der Waals surface area contributed by atoms with Crippen LogP contribution in [0.5, 0.6) is 0 Å². The zero-order valence-corrected chi connectivity index (χ0v) is 11.0. The second-order valence-electron chi connectivity index (χ2n) is 4.65. The number of aromatic nitrogens is 1. The molecule has 0 spiro atoms. The van der Waals surface area contributed by atoms with Crippen LogP contribution >= 0.6 is 0 Å². The minimum absolute atomic E-state index is 0.667. The zero-order chi connectivity index (χ0) is 13.9. The number of benzene rings is 2. The minimum Gasteiger partial charge on any atom is -0.398 e. The van der Waals surface area contributed by atoms with E-state index in [0.717, 1.165) is 27.8 Å². The lowest BCUT2D eigenvalue weighted by molar-refractivity contribution is 1.16. The highest BCUT2D eigenvalue weighted by atomic mass is 14.9. The Morgan fingerprint density at radius 2 is 1.70 bits per heavy atom. The van der Waals surface area contributed by atoms with Crippen LogP contribution in [0.2, 0.25) is 0 Å². The van der Waals surface area contributed by atoms with E-state index in [-0.39, 0.29) is 0 Å². The van der Waals surface area contributed by atoms with Gasteiger partial charge in [0.15, 0.2) is 0 Å². The van der Waals surface area contributed by atoms with Crippen LogP contribution in [0.1, 0.15) is 5.56 Å². The molecular formula is C16H16N4. The molecule has 0 radical (unpaired) electrons. The van der Waals surface area contributed by atoms with Gasteiger partial charge >= 0.3 is 0 Å². The third-order valence-corrected chi connectivity index (χ3v) is 3.33. The number of fused-ring (bicyclic) bond motifs is 1. The molecule has 2 aromatic carbocycles. The number of nitrogens with zero attached hydrogens (tertiary/aromatic N) is 1. The van der Waals surface area contributed by atoms with Crippen LogP contribution in [0.25, 0.3) is 10.9 Å². The van der Waals surface area contributed by atoms with Crippen LogP contribution < -0.4 is 16.8 Å². The Hall–Kier alpha value is -2.75. The van der Waals surface area contributed by atoms with Crippen LogP contribution in [-0.4, -0.2) is 4.98 Å². The summed E-state index contributed by atoms with van der Waals surface area (Å²) < 4.78 is 0. The summed E-state index contributed by atoms with van der Waals surface area (Å²) in [6.07, 6.45) is 1.76. The monoisotopic (exact) mass is 264 g/mol. The molecule has 0 saturated carbocycles. The molecule has 0 saturated heterocycles. The summed E-state index contributed by atoms with van der Waals surface area (Å²) in [5.41, 5.74) is 16.3. The van der Waals surface area contributed by atoms with Gasteiger partial charge in [-0.2, -0.15) is 0 Å². The molecule has 4 heteroatoms. The summed E-state index contributed by atoms with van der Waals surface area (Å²) in [6.45, 7) is 0.667. The van der Waals surface area contributed by atoms with Crippen molar-refractivity contribution in [3.05, 3.63) is 60.3 Å². The molecule has 0 bridgehead atoms. The van der Waals surface area contributed by atoms with Gasteiger partial charge in [-0.3, -0.25) is 4.98 Å². The number of nitrogen functional groups attached to an aromatic ring is 2. The molecule has 0 fully saturated rings. The fourth-order valence-corrected chi connectivity index (χ4v) is 2.24. The topological polar surface area (TPSA) is 77.0 Å². The second-order valence-corrected chi connectivity index (χ2v) is 4.65. The molecule has 0 aliphatic heterocycles. The largest absolute Gasteiger partial charge is 0.398 e. The van der Waals surface area contributed by atoms with Gasteiger partial charge in [0.25, 0.3) is 0 Å². The lowest BCUT2D eigenvalue weighted by Crippen LogP contribution is -2.03. The molecule has 20 heavy (non-hydrogen) atoms. The molecule has 0 aliphatic carbocycles. The number of para-hydroxylation sites is 2. The molecular weight excluding hydrogens is 248 g/mol. The lowest BCUT2D eigenvalue weighted by atomic mass is 10.1. The summed E-state index contributed by atoms with van der Waals surface area (Å²) in [4.78, 5) is 4.32. The van der Waals surface area contributed by atoms with E-state index in [1.807, 2.05) is 48.5 Å². The average molecular weight is 264 g/mol. The minimum atomic E-state index is 0.667. The van der Waals surface area contributed by atoms with Crippen LogP contribution in [-0.2, 0) is 6.54 Å². The zero-order valence-electron chi connectivity index (χ0n) is 11.0. The van der Waals surface area contributed by atoms with Crippen molar-refractivity contribution in [2.75, 3.05) is 16.8 Å². The second kappa shape index (κ2) is 5.09. The Balaban J connectivity index is 1.92. The highest BCUT2D eigenvalue weighted by Gasteiger charge is 2.04. The Bertz CT molecular complexity index is 752. The summed E-state index contributed by atoms with van der Waals surface area (Å²) in [5.74, 6) is 0. The Morgan fingerprint density at radius 1 is 0.900 bits per heavy atom. The highest BCUT2D eigenvalue weighted by Crippen LogP contribution is 2.26. The number of hydrogen-bond donors (Lipinski definition) is 3. The first kappa shape index (κ1) is 12.3. The van der Waals surface area contributed by atoms with E-state index >= 15 is 0 Å². The van der Waals surface area contributed by atoms with Crippen molar-refractivity contribution in [2.45, 2.75) is 6.54 Å². The van der Waals surface area contributed by atoms with Crippen LogP contribution in [0, 0.1) is 0 Å². The standard InChI is InChI=1S/C16H16N4/c17-13-6-2-1-4-11(13)10-20-15-8-9-19-16-12(15)5-3-7-14(16)18/h1-9H,10,17-18H2,(H,19,20). The molecule has 3 rings (SSSR count). The maximum absolute atomic E-state index is 5.95. The SMILES string of the molecule is Nc1ccccc1CNc1ccnc2c(N)cccc12. The van der Waals surface area contributed by atoms with Crippen molar-refractivity contribution in [2.24, 2.45) is 0 Å². The number of pyridine rings is 1. The predicted octanol–water partition coefficient (Wildman–Crippen LogP) is 3.01. The van der Waals surface area contributed by atoms with Crippen molar-refractivity contribution < 1.29 is 0 Å². The van der Waals surface area contributed by atoms with Crippen molar-refractivity contribution in [3.8, 4) is 0 Å². The molecule has 5 N–H and O–H groups in total. The summed E-state index contributed by atoms with van der Waals surface area (Å²) in [6, 6.07) is 15.6. The third-order valence-electron chi connectivity index (χ3n) is 3.33. The molecule has 0 amide bonds. The number of rotatable bonds is 3. The molecule has 1 aromatic heterocycles. The van der Waals surface area contributed by atoms with E-state index in [1.165, 1.54) is 0 Å². The fraction of sp³-hybridized carbons (Fsp3) is 0.0625. The Morgan fingerprint density at radius 3 is 2.55 bits per heavy atom. The molecule has 1 heterocycles. The summed E-state index contributed by atoms with van der Waals surface area (Å²) in [5, 5.41) is 4.41. The van der Waals surface area contributed by atoms with Crippen molar-refractivity contribution in [1.29, 1.82) is 0 Å². The van der Waals surface area contributed by atoms with E-state index in [1.54, 1.807) is 6.20 Å². The van der Waals surface area contributed by atoms with Crippen molar-refractivity contribution in [3.63, 3.8) is 0 Å². The molecule has 3 aromatic rings. The number of anilines is 3. The Kier molecular flexibility index (Phi) is 3.13. The van der Waals surface area contributed by atoms with Crippen LogP contribution in [0.3, 0.4) is 0 Å². The Labute approximate surface area is 117 Å². The predicted molar refractivity (Wildman–Crippen MR) is 84.3 cm³/mol. The maximum Gasteiger partial charge on any atom is 0.0951 e. The first-order valence-electron chi connectivity index (χ1n) is 6.46. The first-order chi connectivity index (χ1) is 9.75. The van der Waals surface area contributed by atoms with E-state index in [0.29, 0.717) is 12.2 Å². The molecule has 0 aliphatic rings. The third kappa shape index (κ3) is 2.23. The van der Waals surface area contributed by atoms with Gasteiger partial charge in [-0.1, -0.05) is 30.3 Å². The van der Waals surface area contributed by atoms with Gasteiger partial charge in [-0.25, -0.2) is 0 Å². The van der Waals surface area contributed by atoms with Crippen molar-refractivity contribution >= 4 is 28.0 Å². The van der Waals surface area contributed by atoms with Gasteiger partial charge in [0.2, 0.25) is 0 Å². The van der Waals surface area contributed by atoms with Gasteiger partial charge in [0, 0.05) is 29.5 Å². The van der Waals surface area contributed by atoms with E-state index in [4.69, 9.17) is 11.5 Å². The van der Waals surface area contributed by atoms with Gasteiger partial charge in [-0.05, 0) is 23.8 Å². The first-order valence-corrected chi connectivity index (χ1v) is 6.46. The number of nitrogens with one attached hydrogen (secondary N) is 1. The van der Waals surface area contributed by atoms with E-state index in [9.17, 15) is 0 Å². The fourth-order valence-electron chi connectivity index (χ4n) is 2.24. The normalized spacial score (nSPS) is 10.6. The van der Waals surface area contributed by atoms with E-state index < -0.39 is 0 Å². The number of nitrogens with two attached hydrogens (primary N) is 2. The lowest BCUT2D eigenvalue weighted by Gasteiger charge is -2.11. The van der Waals surface area contributed by atoms with E-state index in [2.05, 4.69) is 10.3 Å². The number of hydrogen-bond acceptors (Lipinski definition) is 4. The van der Waals surface area contributed by atoms with Crippen molar-refractivity contribution in [1.82, 2.24) is 4.98 Å². The maximum atomic E-state index is 5.95.